The van der Waals surface area contributed by atoms with Crippen LogP contribution >= 0.6 is 27.5 Å². The molecule has 0 spiro atoms. The quantitative estimate of drug-likeness (QED) is 0.918. The number of halogens is 2. The average Bonchev–Trinajstić information content (AvgIpc) is 2.36. The summed E-state index contributed by atoms with van der Waals surface area (Å²) < 4.78 is 0.670. The molecule has 86 valence electrons. The molecule has 0 fully saturated rings. The fourth-order valence-electron chi connectivity index (χ4n) is 1.30. The summed E-state index contributed by atoms with van der Waals surface area (Å²) in [5.41, 5.74) is 1.19. The van der Waals surface area contributed by atoms with Crippen LogP contribution < -0.4 is 5.32 Å². The molecule has 1 amide bonds. The van der Waals surface area contributed by atoms with Crippen LogP contribution in [0.1, 0.15) is 10.4 Å². The molecule has 0 saturated heterocycles. The number of nitrogens with zero attached hydrogens (tertiary/aromatic N) is 1. The molecule has 2 rings (SSSR count). The van der Waals surface area contributed by atoms with Gasteiger partial charge < -0.3 is 5.32 Å². The Kier molecular flexibility index (Phi) is 3.76. The summed E-state index contributed by atoms with van der Waals surface area (Å²) in [6.45, 7) is 0. The summed E-state index contributed by atoms with van der Waals surface area (Å²) in [7, 11) is 0. The van der Waals surface area contributed by atoms with E-state index in [1.807, 2.05) is 0 Å². The minimum Gasteiger partial charge on any atom is -0.321 e. The van der Waals surface area contributed by atoms with E-state index >= 15 is 0 Å². The standard InChI is InChI=1S/C12H8BrClN2O/c13-11-9(14)2-1-3-10(11)16-12(17)8-4-6-15-7-5-8/h1-7H,(H,16,17). The third kappa shape index (κ3) is 2.84. The van der Waals surface area contributed by atoms with Gasteiger partial charge in [-0.3, -0.25) is 9.78 Å². The van der Waals surface area contributed by atoms with Crippen molar-refractivity contribution in [3.05, 3.63) is 57.8 Å². The summed E-state index contributed by atoms with van der Waals surface area (Å²) in [6, 6.07) is 8.58. The van der Waals surface area contributed by atoms with E-state index in [1.165, 1.54) is 0 Å². The Bertz CT molecular complexity index is 545. The van der Waals surface area contributed by atoms with Gasteiger partial charge in [-0.05, 0) is 40.2 Å². The van der Waals surface area contributed by atoms with E-state index in [2.05, 4.69) is 26.2 Å². The van der Waals surface area contributed by atoms with E-state index in [0.29, 0.717) is 20.7 Å². The Labute approximate surface area is 112 Å². The number of amides is 1. The zero-order valence-electron chi connectivity index (χ0n) is 8.65. The summed E-state index contributed by atoms with van der Waals surface area (Å²) in [4.78, 5) is 15.7. The van der Waals surface area contributed by atoms with Gasteiger partial charge in [0.25, 0.3) is 5.91 Å². The maximum Gasteiger partial charge on any atom is 0.255 e. The molecule has 2 aromatic rings. The molecule has 0 atom stereocenters. The zero-order chi connectivity index (χ0) is 12.3. The molecule has 1 aromatic carbocycles. The van der Waals surface area contributed by atoms with E-state index in [1.54, 1.807) is 42.7 Å². The van der Waals surface area contributed by atoms with Crippen molar-refractivity contribution in [1.82, 2.24) is 4.98 Å². The molecular formula is C12H8BrClN2O. The maximum absolute atomic E-state index is 11.9. The summed E-state index contributed by atoms with van der Waals surface area (Å²) >= 11 is 9.26. The molecule has 0 radical (unpaired) electrons. The molecule has 0 saturated carbocycles. The first kappa shape index (κ1) is 12.1. The molecular weight excluding hydrogens is 304 g/mol. The number of nitrogens with one attached hydrogen (secondary N) is 1. The van der Waals surface area contributed by atoms with E-state index < -0.39 is 0 Å². The van der Waals surface area contributed by atoms with Crippen molar-refractivity contribution in [2.75, 3.05) is 5.32 Å². The normalized spacial score (nSPS) is 10.0. The number of hydrogen-bond acceptors (Lipinski definition) is 2. The highest BCUT2D eigenvalue weighted by Gasteiger charge is 2.09. The van der Waals surface area contributed by atoms with E-state index in [4.69, 9.17) is 11.6 Å². The van der Waals surface area contributed by atoms with Crippen molar-refractivity contribution >= 4 is 39.1 Å². The number of rotatable bonds is 2. The number of carbonyl (C=O) groups excluding carboxylic acids is 1. The first-order valence-electron chi connectivity index (χ1n) is 4.84. The minimum absolute atomic E-state index is 0.199. The fourth-order valence-corrected chi connectivity index (χ4v) is 1.84. The van der Waals surface area contributed by atoms with Crippen LogP contribution in [0, 0.1) is 0 Å². The monoisotopic (exact) mass is 310 g/mol. The lowest BCUT2D eigenvalue weighted by Gasteiger charge is -2.08. The first-order chi connectivity index (χ1) is 8.18. The molecule has 0 bridgehead atoms. The molecule has 1 aromatic heterocycles. The zero-order valence-corrected chi connectivity index (χ0v) is 11.0. The summed E-state index contributed by atoms with van der Waals surface area (Å²) in [5, 5.41) is 3.32. The molecule has 0 aliphatic rings. The molecule has 5 heteroatoms. The molecule has 17 heavy (non-hydrogen) atoms. The van der Waals surface area contributed by atoms with Gasteiger partial charge in [0, 0.05) is 18.0 Å². The van der Waals surface area contributed by atoms with Gasteiger partial charge in [0.05, 0.1) is 15.2 Å². The molecule has 1 heterocycles. The predicted molar refractivity (Wildman–Crippen MR) is 71.3 cm³/mol. The first-order valence-corrected chi connectivity index (χ1v) is 6.01. The smallest absolute Gasteiger partial charge is 0.255 e. The summed E-state index contributed by atoms with van der Waals surface area (Å²) in [6.07, 6.45) is 3.14. The van der Waals surface area contributed by atoms with Crippen molar-refractivity contribution in [2.24, 2.45) is 0 Å². The number of benzene rings is 1. The second-order valence-electron chi connectivity index (χ2n) is 3.29. The number of hydrogen-bond donors (Lipinski definition) is 1. The van der Waals surface area contributed by atoms with E-state index in [0.717, 1.165) is 0 Å². The number of carbonyl (C=O) groups is 1. The van der Waals surface area contributed by atoms with Crippen molar-refractivity contribution in [1.29, 1.82) is 0 Å². The van der Waals surface area contributed by atoms with E-state index in [-0.39, 0.29) is 5.91 Å². The number of aromatic nitrogens is 1. The molecule has 0 aliphatic carbocycles. The van der Waals surface area contributed by atoms with Crippen molar-refractivity contribution in [3.63, 3.8) is 0 Å². The lowest BCUT2D eigenvalue weighted by atomic mass is 10.2. The Morgan fingerprint density at radius 3 is 2.65 bits per heavy atom. The van der Waals surface area contributed by atoms with Crippen LogP contribution in [0.25, 0.3) is 0 Å². The van der Waals surface area contributed by atoms with Gasteiger partial charge >= 0.3 is 0 Å². The molecule has 3 nitrogen and oxygen atoms in total. The second kappa shape index (κ2) is 5.29. The molecule has 1 N–H and O–H groups in total. The van der Waals surface area contributed by atoms with Gasteiger partial charge in [-0.1, -0.05) is 17.7 Å². The topological polar surface area (TPSA) is 42.0 Å². The Balaban J connectivity index is 2.22. The maximum atomic E-state index is 11.9. The van der Waals surface area contributed by atoms with Crippen LogP contribution in [0.3, 0.4) is 0 Å². The van der Waals surface area contributed by atoms with Gasteiger partial charge in [-0.15, -0.1) is 0 Å². The lowest BCUT2D eigenvalue weighted by molar-refractivity contribution is 0.102. The highest BCUT2D eigenvalue weighted by atomic mass is 79.9. The second-order valence-corrected chi connectivity index (χ2v) is 4.49. The summed E-state index contributed by atoms with van der Waals surface area (Å²) in [5.74, 6) is -0.199. The van der Waals surface area contributed by atoms with Gasteiger partial charge in [-0.2, -0.15) is 0 Å². The third-order valence-corrected chi connectivity index (χ3v) is 3.54. The lowest BCUT2D eigenvalue weighted by Crippen LogP contribution is -2.12. The third-order valence-electron chi connectivity index (χ3n) is 2.14. The van der Waals surface area contributed by atoms with Gasteiger partial charge in [0.15, 0.2) is 0 Å². The highest BCUT2D eigenvalue weighted by molar-refractivity contribution is 9.10. The van der Waals surface area contributed by atoms with Crippen molar-refractivity contribution in [3.8, 4) is 0 Å². The van der Waals surface area contributed by atoms with Crippen LogP contribution in [0.2, 0.25) is 5.02 Å². The highest BCUT2D eigenvalue weighted by Crippen LogP contribution is 2.30. The number of anilines is 1. The molecule has 0 unspecified atom stereocenters. The average molecular weight is 312 g/mol. The number of pyridine rings is 1. The largest absolute Gasteiger partial charge is 0.321 e. The van der Waals surface area contributed by atoms with Crippen LogP contribution in [0.15, 0.2) is 47.2 Å². The predicted octanol–water partition coefficient (Wildman–Crippen LogP) is 3.75. The van der Waals surface area contributed by atoms with Crippen molar-refractivity contribution < 1.29 is 4.79 Å². The fraction of sp³-hybridized carbons (Fsp3) is 0. The van der Waals surface area contributed by atoms with Crippen LogP contribution in [0.5, 0.6) is 0 Å². The minimum atomic E-state index is -0.199. The molecule has 0 aliphatic heterocycles. The van der Waals surface area contributed by atoms with Crippen LogP contribution in [0.4, 0.5) is 5.69 Å². The van der Waals surface area contributed by atoms with Gasteiger partial charge in [0.1, 0.15) is 0 Å². The Morgan fingerprint density at radius 2 is 1.94 bits per heavy atom. The van der Waals surface area contributed by atoms with E-state index in [9.17, 15) is 4.79 Å². The van der Waals surface area contributed by atoms with Crippen LogP contribution in [-0.4, -0.2) is 10.9 Å². The Morgan fingerprint density at radius 1 is 1.24 bits per heavy atom. The van der Waals surface area contributed by atoms with Gasteiger partial charge in [0.2, 0.25) is 0 Å². The van der Waals surface area contributed by atoms with Crippen molar-refractivity contribution in [2.45, 2.75) is 0 Å². The Hall–Kier alpha value is -1.39. The van der Waals surface area contributed by atoms with Gasteiger partial charge in [-0.25, -0.2) is 0 Å². The van der Waals surface area contributed by atoms with Crippen LogP contribution in [-0.2, 0) is 0 Å². The SMILES string of the molecule is O=C(Nc1cccc(Cl)c1Br)c1ccncc1.